The summed E-state index contributed by atoms with van der Waals surface area (Å²) in [4.78, 5) is 29.0. The number of oxazole rings is 1. The van der Waals surface area contributed by atoms with Crippen molar-refractivity contribution >= 4 is 11.8 Å². The van der Waals surface area contributed by atoms with Crippen molar-refractivity contribution in [2.45, 2.75) is 52.0 Å². The number of benzene rings is 1. The highest BCUT2D eigenvalue weighted by molar-refractivity contribution is 5.93. The predicted molar refractivity (Wildman–Crippen MR) is 121 cm³/mol. The molecule has 168 valence electrons. The zero-order valence-corrected chi connectivity index (χ0v) is 18.5. The van der Waals surface area contributed by atoms with Crippen LogP contribution >= 0.6 is 0 Å². The van der Waals surface area contributed by atoms with Crippen molar-refractivity contribution in [1.82, 2.24) is 25.8 Å². The van der Waals surface area contributed by atoms with E-state index in [1.165, 1.54) is 25.5 Å². The van der Waals surface area contributed by atoms with Crippen LogP contribution in [-0.2, 0) is 0 Å². The third-order valence-corrected chi connectivity index (χ3v) is 6.05. The summed E-state index contributed by atoms with van der Waals surface area (Å²) >= 11 is 0. The summed E-state index contributed by atoms with van der Waals surface area (Å²) in [6.45, 7) is 4.77. The summed E-state index contributed by atoms with van der Waals surface area (Å²) < 4.78 is 5.71. The molecule has 1 saturated carbocycles. The maximum absolute atomic E-state index is 12.4. The van der Waals surface area contributed by atoms with Crippen LogP contribution in [-0.4, -0.2) is 39.6 Å². The molecule has 1 aromatic carbocycles. The molecule has 0 aliphatic heterocycles. The fourth-order valence-electron chi connectivity index (χ4n) is 3.69. The lowest BCUT2D eigenvalue weighted by Gasteiger charge is -2.25. The molecule has 2 amide bonds. The van der Waals surface area contributed by atoms with Crippen molar-refractivity contribution in [3.05, 3.63) is 48.0 Å². The summed E-state index contributed by atoms with van der Waals surface area (Å²) in [7, 11) is 0. The second-order valence-corrected chi connectivity index (χ2v) is 8.27. The normalized spacial score (nSPS) is 13.7. The number of aromatic amines is 1. The molecule has 2 aromatic heterocycles. The molecule has 2 heterocycles. The first-order chi connectivity index (χ1) is 15.6. The number of nitrogens with one attached hydrogen (secondary N) is 3. The Morgan fingerprint density at radius 2 is 1.94 bits per heavy atom. The molecule has 8 nitrogen and oxygen atoms in total. The van der Waals surface area contributed by atoms with Crippen LogP contribution in [0.25, 0.3) is 22.7 Å². The van der Waals surface area contributed by atoms with Crippen molar-refractivity contribution in [1.29, 1.82) is 0 Å². The second-order valence-electron chi connectivity index (χ2n) is 8.27. The molecular weight excluding hydrogens is 406 g/mol. The largest absolute Gasteiger partial charge is 0.431 e. The first kappa shape index (κ1) is 21.8. The molecule has 1 aliphatic rings. The predicted octanol–water partition coefficient (Wildman–Crippen LogP) is 4.18. The van der Waals surface area contributed by atoms with Crippen LogP contribution in [0.4, 0.5) is 0 Å². The quantitative estimate of drug-likeness (QED) is 0.467. The van der Waals surface area contributed by atoms with Crippen LogP contribution < -0.4 is 10.6 Å². The van der Waals surface area contributed by atoms with Crippen molar-refractivity contribution in [2.75, 3.05) is 6.54 Å². The summed E-state index contributed by atoms with van der Waals surface area (Å²) in [5.41, 5.74) is 2.63. The minimum absolute atomic E-state index is 0.110. The molecule has 0 spiro atoms. The van der Waals surface area contributed by atoms with E-state index in [0.717, 1.165) is 24.0 Å². The molecule has 0 atom stereocenters. The number of carbonyl (C=O) groups is 2. The number of hydrogen-bond donors (Lipinski definition) is 3. The summed E-state index contributed by atoms with van der Waals surface area (Å²) in [6, 6.07) is 9.35. The van der Waals surface area contributed by atoms with E-state index in [9.17, 15) is 9.59 Å². The summed E-state index contributed by atoms with van der Waals surface area (Å²) in [5.74, 6) is 0.727. The first-order valence-electron chi connectivity index (χ1n) is 11.3. The molecule has 0 bridgehead atoms. The van der Waals surface area contributed by atoms with Crippen LogP contribution in [0.15, 0.2) is 40.9 Å². The maximum Gasteiger partial charge on any atom is 0.288 e. The lowest BCUT2D eigenvalue weighted by Crippen LogP contribution is -2.33. The molecule has 3 aromatic rings. The van der Waals surface area contributed by atoms with Gasteiger partial charge in [0.2, 0.25) is 11.7 Å². The van der Waals surface area contributed by atoms with Gasteiger partial charge < -0.3 is 15.1 Å². The Morgan fingerprint density at radius 1 is 1.16 bits per heavy atom. The second kappa shape index (κ2) is 9.80. The average Bonchev–Trinajstić information content (AvgIpc) is 3.46. The highest BCUT2D eigenvalue weighted by Gasteiger charge is 2.20. The van der Waals surface area contributed by atoms with E-state index in [1.807, 2.05) is 38.1 Å². The molecule has 32 heavy (non-hydrogen) atoms. The summed E-state index contributed by atoms with van der Waals surface area (Å²) in [6.07, 6.45) is 6.77. The van der Waals surface area contributed by atoms with E-state index in [-0.39, 0.29) is 23.6 Å². The van der Waals surface area contributed by atoms with Crippen molar-refractivity contribution in [3.8, 4) is 22.7 Å². The van der Waals surface area contributed by atoms with Crippen molar-refractivity contribution in [3.63, 3.8) is 0 Å². The van der Waals surface area contributed by atoms with E-state index in [4.69, 9.17) is 4.42 Å². The molecule has 8 heteroatoms. The Morgan fingerprint density at radius 3 is 2.66 bits per heavy atom. The number of nitrogens with zero attached hydrogens (tertiary/aromatic N) is 2. The third kappa shape index (κ3) is 4.90. The van der Waals surface area contributed by atoms with E-state index >= 15 is 0 Å². The van der Waals surface area contributed by atoms with E-state index in [2.05, 4.69) is 25.8 Å². The van der Waals surface area contributed by atoms with Crippen LogP contribution in [0.3, 0.4) is 0 Å². The minimum Gasteiger partial charge on any atom is -0.431 e. The van der Waals surface area contributed by atoms with Crippen LogP contribution in [0, 0.1) is 5.92 Å². The zero-order valence-electron chi connectivity index (χ0n) is 18.5. The first-order valence-corrected chi connectivity index (χ1v) is 11.3. The Labute approximate surface area is 187 Å². The molecule has 1 aliphatic carbocycles. The van der Waals surface area contributed by atoms with E-state index in [0.29, 0.717) is 29.7 Å². The number of aromatic nitrogens is 3. The number of hydrogen-bond acceptors (Lipinski definition) is 5. The van der Waals surface area contributed by atoms with Gasteiger partial charge in [-0.3, -0.25) is 14.7 Å². The van der Waals surface area contributed by atoms with Crippen LogP contribution in [0.2, 0.25) is 0 Å². The van der Waals surface area contributed by atoms with Gasteiger partial charge in [0.15, 0.2) is 0 Å². The van der Waals surface area contributed by atoms with Gasteiger partial charge in [-0.25, -0.2) is 4.98 Å². The number of rotatable bonds is 9. The Balaban J connectivity index is 1.45. The van der Waals surface area contributed by atoms with Gasteiger partial charge in [0.1, 0.15) is 5.69 Å². The van der Waals surface area contributed by atoms with E-state index in [1.54, 1.807) is 6.07 Å². The molecule has 3 N–H and O–H groups in total. The van der Waals surface area contributed by atoms with Crippen LogP contribution in [0.5, 0.6) is 0 Å². The highest BCUT2D eigenvalue weighted by atomic mass is 16.4. The molecule has 4 rings (SSSR count). The molecular formula is C24H29N5O3. The van der Waals surface area contributed by atoms with Gasteiger partial charge in [-0.05, 0) is 49.8 Å². The monoisotopic (exact) mass is 435 g/mol. The SMILES string of the molecule is CCC(CC)NC(=O)c1cnc(-c2cccc(-c3cc(C(=O)NCC4CCC4)[nH]n3)c2)o1. The Kier molecular flexibility index (Phi) is 6.68. The minimum atomic E-state index is -0.265. The Bertz CT molecular complexity index is 1080. The lowest BCUT2D eigenvalue weighted by molar-refractivity contribution is 0.0905. The topological polar surface area (TPSA) is 113 Å². The summed E-state index contributed by atoms with van der Waals surface area (Å²) in [5, 5.41) is 13.0. The number of H-pyrrole nitrogens is 1. The van der Waals surface area contributed by atoms with Gasteiger partial charge in [0.05, 0.1) is 11.9 Å². The van der Waals surface area contributed by atoms with Gasteiger partial charge in [0.25, 0.3) is 11.8 Å². The van der Waals surface area contributed by atoms with Crippen LogP contribution in [0.1, 0.15) is 67.0 Å². The fraction of sp³-hybridized carbons (Fsp3) is 0.417. The van der Waals surface area contributed by atoms with Gasteiger partial charge in [-0.1, -0.05) is 32.4 Å². The van der Waals surface area contributed by atoms with Crippen molar-refractivity contribution < 1.29 is 14.0 Å². The zero-order chi connectivity index (χ0) is 22.5. The molecule has 1 fully saturated rings. The smallest absolute Gasteiger partial charge is 0.288 e. The highest BCUT2D eigenvalue weighted by Crippen LogP contribution is 2.27. The van der Waals surface area contributed by atoms with Gasteiger partial charge >= 0.3 is 0 Å². The van der Waals surface area contributed by atoms with Gasteiger partial charge in [-0.15, -0.1) is 0 Å². The number of carbonyl (C=O) groups excluding carboxylic acids is 2. The Hall–Kier alpha value is -3.42. The maximum atomic E-state index is 12.4. The van der Waals surface area contributed by atoms with Gasteiger partial charge in [-0.2, -0.15) is 5.10 Å². The van der Waals surface area contributed by atoms with E-state index < -0.39 is 0 Å². The van der Waals surface area contributed by atoms with Crippen molar-refractivity contribution in [2.24, 2.45) is 5.92 Å². The molecule has 0 saturated heterocycles. The average molecular weight is 436 g/mol. The number of amides is 2. The molecule has 0 radical (unpaired) electrons. The lowest BCUT2D eigenvalue weighted by atomic mass is 9.85. The fourth-order valence-corrected chi connectivity index (χ4v) is 3.69. The third-order valence-electron chi connectivity index (χ3n) is 6.05. The van der Waals surface area contributed by atoms with Gasteiger partial charge in [0, 0.05) is 23.7 Å². The standard InChI is InChI=1S/C24H29N5O3/c1-3-18(4-2)27-23(31)21-14-26-24(32-21)17-10-6-9-16(11-17)19-12-20(29-28-19)22(30)25-13-15-7-5-8-15/h6,9-12,14-15,18H,3-5,7-8,13H2,1-2H3,(H,25,30)(H,27,31)(H,28,29). The molecule has 0 unspecified atom stereocenters.